The molecular weight excluding hydrogens is 236 g/mol. The minimum atomic E-state index is 0.445. The first-order valence-corrected chi connectivity index (χ1v) is 5.56. The van der Waals surface area contributed by atoms with Crippen molar-refractivity contribution >= 4 is 17.9 Å². The highest BCUT2D eigenvalue weighted by atomic mass is 35.5. The number of ether oxygens (including phenoxy) is 1. The molecule has 0 bridgehead atoms. The summed E-state index contributed by atoms with van der Waals surface area (Å²) < 4.78 is 5.70. The Hall–Kier alpha value is -1.80. The van der Waals surface area contributed by atoms with Crippen LogP contribution in [0.4, 0.5) is 0 Å². The summed E-state index contributed by atoms with van der Waals surface area (Å²) in [6.45, 7) is 1.95. The first-order chi connectivity index (χ1) is 8.20. The maximum atomic E-state index is 10.9. The van der Waals surface area contributed by atoms with Crippen molar-refractivity contribution in [2.75, 3.05) is 0 Å². The van der Waals surface area contributed by atoms with Crippen molar-refractivity contribution < 1.29 is 9.53 Å². The lowest BCUT2D eigenvalue weighted by Gasteiger charge is -2.10. The number of hydrogen-bond donors (Lipinski definition) is 0. The monoisotopic (exact) mass is 246 g/mol. The number of hydrogen-bond acceptors (Lipinski definition) is 2. The number of benzene rings is 2. The zero-order valence-corrected chi connectivity index (χ0v) is 10.1. The van der Waals surface area contributed by atoms with Crippen LogP contribution in [0.3, 0.4) is 0 Å². The summed E-state index contributed by atoms with van der Waals surface area (Å²) in [6.07, 6.45) is 0.736. The van der Waals surface area contributed by atoms with Crippen LogP contribution in [0.25, 0.3) is 0 Å². The molecule has 0 unspecified atom stereocenters. The number of carbonyl (C=O) groups excluding carboxylic acids is 1. The zero-order chi connectivity index (χ0) is 12.3. The van der Waals surface area contributed by atoms with E-state index in [0.717, 1.165) is 17.6 Å². The van der Waals surface area contributed by atoms with Gasteiger partial charge in [0.15, 0.2) is 6.29 Å². The van der Waals surface area contributed by atoms with Crippen molar-refractivity contribution in [1.82, 2.24) is 0 Å². The van der Waals surface area contributed by atoms with Crippen molar-refractivity contribution in [2.45, 2.75) is 6.92 Å². The van der Waals surface area contributed by atoms with E-state index < -0.39 is 0 Å². The summed E-state index contributed by atoms with van der Waals surface area (Å²) in [7, 11) is 0. The Morgan fingerprint density at radius 2 is 1.88 bits per heavy atom. The van der Waals surface area contributed by atoms with E-state index in [1.165, 1.54) is 0 Å². The highest BCUT2D eigenvalue weighted by Gasteiger charge is 2.06. The number of aryl methyl sites for hydroxylation is 1. The minimum Gasteiger partial charge on any atom is -0.456 e. The smallest absolute Gasteiger partial charge is 0.153 e. The van der Waals surface area contributed by atoms with Gasteiger partial charge in [0.25, 0.3) is 0 Å². The average molecular weight is 247 g/mol. The molecule has 0 aromatic heterocycles. The van der Waals surface area contributed by atoms with Gasteiger partial charge in [-0.25, -0.2) is 0 Å². The molecule has 0 amide bonds. The molecule has 2 nitrogen and oxygen atoms in total. The van der Waals surface area contributed by atoms with Crippen LogP contribution in [-0.4, -0.2) is 6.29 Å². The minimum absolute atomic E-state index is 0.445. The molecule has 17 heavy (non-hydrogen) atoms. The summed E-state index contributed by atoms with van der Waals surface area (Å²) in [5, 5.41) is 0.518. The van der Waals surface area contributed by atoms with E-state index in [2.05, 4.69) is 0 Å². The largest absolute Gasteiger partial charge is 0.456 e. The van der Waals surface area contributed by atoms with Gasteiger partial charge in [0.05, 0.1) is 5.56 Å². The predicted molar refractivity (Wildman–Crippen MR) is 68.1 cm³/mol. The summed E-state index contributed by atoms with van der Waals surface area (Å²) >= 11 is 5.82. The summed E-state index contributed by atoms with van der Waals surface area (Å²) in [6, 6.07) is 12.6. The highest BCUT2D eigenvalue weighted by molar-refractivity contribution is 6.30. The van der Waals surface area contributed by atoms with Gasteiger partial charge in [-0.05, 0) is 36.8 Å². The summed E-state index contributed by atoms with van der Waals surface area (Å²) in [5.74, 6) is 1.25. The van der Waals surface area contributed by atoms with Crippen LogP contribution in [0.5, 0.6) is 11.5 Å². The molecule has 0 N–H and O–H groups in total. The number of carbonyl (C=O) groups is 1. The van der Waals surface area contributed by atoms with Gasteiger partial charge in [-0.3, -0.25) is 4.79 Å². The summed E-state index contributed by atoms with van der Waals surface area (Å²) in [5.41, 5.74) is 1.46. The molecule has 86 valence electrons. The Bertz CT molecular complexity index is 550. The molecule has 0 heterocycles. The van der Waals surface area contributed by atoms with Gasteiger partial charge in [0.1, 0.15) is 11.5 Å². The molecule has 3 heteroatoms. The summed E-state index contributed by atoms with van der Waals surface area (Å²) in [4.78, 5) is 10.9. The topological polar surface area (TPSA) is 26.3 Å². The lowest BCUT2D eigenvalue weighted by Crippen LogP contribution is -1.92. The van der Waals surface area contributed by atoms with E-state index in [1.807, 2.05) is 31.2 Å². The van der Waals surface area contributed by atoms with Crippen LogP contribution < -0.4 is 4.74 Å². The molecule has 0 atom stereocenters. The Morgan fingerprint density at radius 1 is 1.12 bits per heavy atom. The Morgan fingerprint density at radius 3 is 2.59 bits per heavy atom. The maximum absolute atomic E-state index is 10.9. The second-order valence-electron chi connectivity index (χ2n) is 3.67. The van der Waals surface area contributed by atoms with E-state index in [-0.39, 0.29) is 0 Å². The molecule has 0 saturated heterocycles. The van der Waals surface area contributed by atoms with Crippen molar-refractivity contribution in [2.24, 2.45) is 0 Å². The van der Waals surface area contributed by atoms with Crippen molar-refractivity contribution in [3.63, 3.8) is 0 Å². The molecule has 0 aliphatic rings. The fraction of sp³-hybridized carbons (Fsp3) is 0.0714. The van der Waals surface area contributed by atoms with Crippen LogP contribution in [0, 0.1) is 6.92 Å². The molecule has 2 aromatic carbocycles. The third-order valence-electron chi connectivity index (χ3n) is 2.41. The normalized spacial score (nSPS) is 10.0. The molecular formula is C14H11ClO2. The predicted octanol–water partition coefficient (Wildman–Crippen LogP) is 4.25. The van der Waals surface area contributed by atoms with Crippen LogP contribution in [0.15, 0.2) is 42.5 Å². The average Bonchev–Trinajstić information content (AvgIpc) is 2.34. The Kier molecular flexibility index (Phi) is 3.45. The number of para-hydroxylation sites is 1. The SMILES string of the molecule is Cc1ccccc1Oc1ccc(Cl)cc1C=O. The second-order valence-corrected chi connectivity index (χ2v) is 4.10. The van der Waals surface area contributed by atoms with Crippen LogP contribution in [0.2, 0.25) is 5.02 Å². The van der Waals surface area contributed by atoms with Gasteiger partial charge in [0.2, 0.25) is 0 Å². The van der Waals surface area contributed by atoms with E-state index in [9.17, 15) is 4.79 Å². The third-order valence-corrected chi connectivity index (χ3v) is 2.65. The molecule has 0 aliphatic heterocycles. The van der Waals surface area contributed by atoms with Crippen molar-refractivity contribution in [1.29, 1.82) is 0 Å². The number of halogens is 1. The number of rotatable bonds is 3. The van der Waals surface area contributed by atoms with Crippen molar-refractivity contribution in [3.8, 4) is 11.5 Å². The zero-order valence-electron chi connectivity index (χ0n) is 9.31. The molecule has 0 fully saturated rings. The van der Waals surface area contributed by atoms with Crippen LogP contribution >= 0.6 is 11.6 Å². The third kappa shape index (κ3) is 2.66. The highest BCUT2D eigenvalue weighted by Crippen LogP contribution is 2.28. The maximum Gasteiger partial charge on any atom is 0.153 e. The first-order valence-electron chi connectivity index (χ1n) is 5.19. The fourth-order valence-electron chi connectivity index (χ4n) is 1.49. The van der Waals surface area contributed by atoms with E-state index in [0.29, 0.717) is 16.3 Å². The second kappa shape index (κ2) is 5.02. The van der Waals surface area contributed by atoms with Crippen LogP contribution in [-0.2, 0) is 0 Å². The van der Waals surface area contributed by atoms with Gasteiger partial charge in [0, 0.05) is 5.02 Å². The standard InChI is InChI=1S/C14H11ClO2/c1-10-4-2-3-5-13(10)17-14-7-6-12(15)8-11(14)9-16/h2-9H,1H3. The Labute approximate surface area is 105 Å². The fourth-order valence-corrected chi connectivity index (χ4v) is 1.67. The lowest BCUT2D eigenvalue weighted by atomic mass is 10.2. The van der Waals surface area contributed by atoms with E-state index >= 15 is 0 Å². The molecule has 2 aromatic rings. The molecule has 0 radical (unpaired) electrons. The quantitative estimate of drug-likeness (QED) is 0.757. The van der Waals surface area contributed by atoms with Gasteiger partial charge in [-0.2, -0.15) is 0 Å². The number of aldehydes is 1. The van der Waals surface area contributed by atoms with E-state index in [4.69, 9.17) is 16.3 Å². The van der Waals surface area contributed by atoms with Crippen molar-refractivity contribution in [3.05, 3.63) is 58.6 Å². The first kappa shape index (κ1) is 11.7. The van der Waals surface area contributed by atoms with Crippen LogP contribution in [0.1, 0.15) is 15.9 Å². The van der Waals surface area contributed by atoms with Gasteiger partial charge in [-0.15, -0.1) is 0 Å². The van der Waals surface area contributed by atoms with Gasteiger partial charge >= 0.3 is 0 Å². The van der Waals surface area contributed by atoms with Gasteiger partial charge < -0.3 is 4.74 Å². The van der Waals surface area contributed by atoms with E-state index in [1.54, 1.807) is 18.2 Å². The molecule has 2 rings (SSSR count). The lowest BCUT2D eigenvalue weighted by molar-refractivity contribution is 0.112. The molecule has 0 spiro atoms. The molecule has 0 saturated carbocycles. The van der Waals surface area contributed by atoms with Gasteiger partial charge in [-0.1, -0.05) is 29.8 Å². The Balaban J connectivity index is 2.36. The molecule has 0 aliphatic carbocycles.